The number of anilines is 1. The minimum absolute atomic E-state index is 0.313. The number of hydrogen-bond donors (Lipinski definition) is 0. The molecule has 194 valence electrons. The number of imidazole rings is 1. The van der Waals surface area contributed by atoms with Crippen LogP contribution in [-0.2, 0) is 15.7 Å². The molecule has 3 aromatic rings. The van der Waals surface area contributed by atoms with Gasteiger partial charge in [-0.1, -0.05) is 0 Å². The molecule has 0 aromatic carbocycles. The summed E-state index contributed by atoms with van der Waals surface area (Å²) in [6, 6.07) is 6.22. The summed E-state index contributed by atoms with van der Waals surface area (Å²) in [5, 5.41) is 4.73. The van der Waals surface area contributed by atoms with Crippen LogP contribution >= 0.6 is 11.3 Å². The maximum atomic E-state index is 13.1. The van der Waals surface area contributed by atoms with Crippen LogP contribution in [0.4, 0.5) is 23.8 Å². The molecule has 0 radical (unpaired) electrons. The van der Waals surface area contributed by atoms with Crippen molar-refractivity contribution in [1.82, 2.24) is 19.5 Å². The Balaban J connectivity index is 1.33. The summed E-state index contributed by atoms with van der Waals surface area (Å²) in [4.78, 5) is 20.4. The van der Waals surface area contributed by atoms with Gasteiger partial charge in [0.2, 0.25) is 0 Å². The summed E-state index contributed by atoms with van der Waals surface area (Å²) in [7, 11) is 0. The van der Waals surface area contributed by atoms with E-state index < -0.39 is 22.3 Å². The van der Waals surface area contributed by atoms with Crippen molar-refractivity contribution < 1.29 is 27.4 Å². The molecule has 2 fully saturated rings. The number of ether oxygens (including phenoxy) is 2. The monoisotopic (exact) mass is 523 g/mol. The Kier molecular flexibility index (Phi) is 6.14. The Morgan fingerprint density at radius 1 is 1.11 bits per heavy atom. The van der Waals surface area contributed by atoms with Gasteiger partial charge < -0.3 is 19.3 Å². The molecular formula is C24H28F3N5O3S. The number of carbonyl (C=O) groups excluding carboxylic acids is 1. The second-order valence-electron chi connectivity index (χ2n) is 10.2. The van der Waals surface area contributed by atoms with Crippen molar-refractivity contribution in [1.29, 1.82) is 0 Å². The first-order valence-electron chi connectivity index (χ1n) is 11.8. The quantitative estimate of drug-likeness (QED) is 0.467. The van der Waals surface area contributed by atoms with Crippen molar-refractivity contribution in [2.75, 3.05) is 37.7 Å². The number of morpholine rings is 1. The molecule has 0 N–H and O–H groups in total. The molecule has 1 amide bonds. The van der Waals surface area contributed by atoms with E-state index in [1.54, 1.807) is 15.6 Å². The average Bonchev–Trinajstić information content (AvgIpc) is 3.45. The molecule has 36 heavy (non-hydrogen) atoms. The molecule has 5 heterocycles. The smallest absolute Gasteiger partial charge is 0.425 e. The molecule has 2 aliphatic rings. The number of amides is 1. The van der Waals surface area contributed by atoms with E-state index in [1.165, 1.54) is 6.07 Å². The molecule has 0 atom stereocenters. The molecule has 0 aliphatic carbocycles. The minimum Gasteiger partial charge on any atom is -0.444 e. The number of aromatic nitrogens is 3. The topological polar surface area (TPSA) is 72.2 Å². The zero-order valence-electron chi connectivity index (χ0n) is 20.3. The fourth-order valence-electron chi connectivity index (χ4n) is 4.59. The largest absolute Gasteiger partial charge is 0.444 e. The maximum absolute atomic E-state index is 13.1. The van der Waals surface area contributed by atoms with Crippen molar-refractivity contribution in [3.05, 3.63) is 35.3 Å². The molecule has 2 aliphatic heterocycles. The molecule has 5 rings (SSSR count). The molecule has 2 saturated heterocycles. The summed E-state index contributed by atoms with van der Waals surface area (Å²) >= 11 is 0.675. The average molecular weight is 524 g/mol. The van der Waals surface area contributed by atoms with Crippen molar-refractivity contribution in [3.8, 4) is 10.6 Å². The molecule has 3 aromatic heterocycles. The normalized spacial score (nSPS) is 18.7. The van der Waals surface area contributed by atoms with Gasteiger partial charge in [-0.2, -0.15) is 13.2 Å². The molecule has 1 spiro atoms. The second-order valence-corrected chi connectivity index (χ2v) is 11.3. The highest BCUT2D eigenvalue weighted by molar-refractivity contribution is 7.15. The highest BCUT2D eigenvalue weighted by Gasteiger charge is 2.42. The Bertz CT molecular complexity index is 1260. The van der Waals surface area contributed by atoms with Gasteiger partial charge in [0.15, 0.2) is 5.65 Å². The highest BCUT2D eigenvalue weighted by atomic mass is 32.1. The second kappa shape index (κ2) is 8.91. The number of nitrogens with zero attached hydrogens (tertiary/aromatic N) is 5. The Labute approximate surface area is 210 Å². The van der Waals surface area contributed by atoms with Crippen molar-refractivity contribution in [2.45, 2.75) is 51.0 Å². The van der Waals surface area contributed by atoms with Crippen molar-refractivity contribution in [2.24, 2.45) is 0 Å². The SMILES string of the molecule is CC(C)(C)OC(=O)N1CCC2(CC1)CN(c1ccc3ncc(-c4ccc(C(F)(F)F)s4)n3n1)CCO2. The van der Waals surface area contributed by atoms with E-state index in [9.17, 15) is 18.0 Å². The number of thiophene rings is 1. The summed E-state index contributed by atoms with van der Waals surface area (Å²) in [5.41, 5.74) is 0.129. The van der Waals surface area contributed by atoms with E-state index in [1.807, 2.05) is 32.9 Å². The fraction of sp³-hybridized carbons (Fsp3) is 0.542. The van der Waals surface area contributed by atoms with Crippen LogP contribution in [0.15, 0.2) is 30.5 Å². The third kappa shape index (κ3) is 5.01. The van der Waals surface area contributed by atoms with E-state index in [0.717, 1.165) is 6.07 Å². The van der Waals surface area contributed by atoms with Crippen molar-refractivity contribution in [3.63, 3.8) is 0 Å². The summed E-state index contributed by atoms with van der Waals surface area (Å²) in [5.74, 6) is 0.701. The number of alkyl halides is 3. The number of carbonyl (C=O) groups is 1. The number of likely N-dealkylation sites (tertiary alicyclic amines) is 1. The van der Waals surface area contributed by atoms with Crippen LogP contribution in [-0.4, -0.2) is 69.6 Å². The molecule has 0 bridgehead atoms. The lowest BCUT2D eigenvalue weighted by atomic mass is 9.89. The highest BCUT2D eigenvalue weighted by Crippen LogP contribution is 2.39. The Morgan fingerprint density at radius 2 is 1.86 bits per heavy atom. The van der Waals surface area contributed by atoms with Crippen LogP contribution in [0.25, 0.3) is 16.2 Å². The number of halogens is 3. The number of hydrogen-bond acceptors (Lipinski definition) is 7. The predicted molar refractivity (Wildman–Crippen MR) is 129 cm³/mol. The van der Waals surface area contributed by atoms with E-state index in [4.69, 9.17) is 14.6 Å². The zero-order valence-corrected chi connectivity index (χ0v) is 21.2. The third-order valence-corrected chi connectivity index (χ3v) is 7.54. The van der Waals surface area contributed by atoms with E-state index in [0.29, 0.717) is 79.0 Å². The molecular weight excluding hydrogens is 495 g/mol. The first-order valence-corrected chi connectivity index (χ1v) is 12.6. The van der Waals surface area contributed by atoms with Gasteiger partial charge in [-0.25, -0.2) is 14.3 Å². The van der Waals surface area contributed by atoms with Crippen LogP contribution in [0.2, 0.25) is 0 Å². The van der Waals surface area contributed by atoms with E-state index >= 15 is 0 Å². The molecule has 0 saturated carbocycles. The molecule has 0 unspecified atom stereocenters. The van der Waals surface area contributed by atoms with Crippen LogP contribution in [0.5, 0.6) is 0 Å². The summed E-state index contributed by atoms with van der Waals surface area (Å²) in [6.07, 6.45) is -1.80. The minimum atomic E-state index is -4.39. The van der Waals surface area contributed by atoms with E-state index in [-0.39, 0.29) is 6.09 Å². The number of rotatable bonds is 2. The van der Waals surface area contributed by atoms with Crippen LogP contribution < -0.4 is 4.90 Å². The third-order valence-electron chi connectivity index (χ3n) is 6.38. The summed E-state index contributed by atoms with van der Waals surface area (Å²) < 4.78 is 52.6. The first-order chi connectivity index (χ1) is 16.9. The van der Waals surface area contributed by atoms with Crippen LogP contribution in [0, 0.1) is 0 Å². The fourth-order valence-corrected chi connectivity index (χ4v) is 5.46. The van der Waals surface area contributed by atoms with Crippen molar-refractivity contribution >= 4 is 28.9 Å². The van der Waals surface area contributed by atoms with Crippen LogP contribution in [0.3, 0.4) is 0 Å². The zero-order chi connectivity index (χ0) is 25.7. The summed E-state index contributed by atoms with van der Waals surface area (Å²) in [6.45, 7) is 8.39. The van der Waals surface area contributed by atoms with Gasteiger partial charge in [0.05, 0.1) is 23.3 Å². The lowest BCUT2D eigenvalue weighted by molar-refractivity contribution is -0.134. The lowest BCUT2D eigenvalue weighted by Gasteiger charge is -2.47. The molecule has 12 heteroatoms. The van der Waals surface area contributed by atoms with Gasteiger partial charge >= 0.3 is 12.3 Å². The Hall–Kier alpha value is -2.86. The van der Waals surface area contributed by atoms with Gasteiger partial charge in [0.1, 0.15) is 22.0 Å². The standard InChI is InChI=1S/C24H28F3N5O3S/c1-22(2,3)35-21(33)30-10-8-23(9-11-30)15-31(12-13-34-23)20-7-6-19-28-14-16(32(19)29-20)17-4-5-18(36-17)24(25,26)27/h4-7,14H,8-13,15H2,1-3H3. The number of piperidine rings is 1. The first kappa shape index (κ1) is 24.8. The molecule has 8 nitrogen and oxygen atoms in total. The van der Waals surface area contributed by atoms with Gasteiger partial charge in [-0.15, -0.1) is 16.4 Å². The van der Waals surface area contributed by atoms with Gasteiger partial charge in [-0.05, 0) is 57.9 Å². The van der Waals surface area contributed by atoms with E-state index in [2.05, 4.69) is 9.88 Å². The van der Waals surface area contributed by atoms with Gasteiger partial charge in [0.25, 0.3) is 0 Å². The lowest BCUT2D eigenvalue weighted by Crippen LogP contribution is -2.58. The maximum Gasteiger partial charge on any atom is 0.425 e. The predicted octanol–water partition coefficient (Wildman–Crippen LogP) is 5.08. The van der Waals surface area contributed by atoms with Gasteiger partial charge in [-0.3, -0.25) is 0 Å². The Morgan fingerprint density at radius 3 is 2.53 bits per heavy atom. The number of fused-ring (bicyclic) bond motifs is 1. The van der Waals surface area contributed by atoms with Crippen LogP contribution in [0.1, 0.15) is 38.5 Å². The van der Waals surface area contributed by atoms with Gasteiger partial charge in [0, 0.05) is 26.2 Å².